The third kappa shape index (κ3) is 3.60. The molecule has 0 bridgehead atoms. The van der Waals surface area contributed by atoms with Crippen LogP contribution in [0.25, 0.3) is 0 Å². The number of carbonyl (C=O) groups excluding carboxylic acids is 2. The Morgan fingerprint density at radius 1 is 1.20 bits per heavy atom. The molecule has 1 saturated heterocycles. The van der Waals surface area contributed by atoms with Crippen LogP contribution in [0.5, 0.6) is 0 Å². The second kappa shape index (κ2) is 7.29. The van der Waals surface area contributed by atoms with Crippen LogP contribution in [0.1, 0.15) is 36.7 Å². The van der Waals surface area contributed by atoms with Gasteiger partial charge in [-0.1, -0.05) is 19.1 Å². The van der Waals surface area contributed by atoms with Gasteiger partial charge in [0.25, 0.3) is 11.5 Å². The summed E-state index contributed by atoms with van der Waals surface area (Å²) in [7, 11) is 0. The van der Waals surface area contributed by atoms with E-state index in [4.69, 9.17) is 0 Å². The van der Waals surface area contributed by atoms with Crippen molar-refractivity contribution in [2.75, 3.05) is 16.8 Å². The summed E-state index contributed by atoms with van der Waals surface area (Å²) < 4.78 is 1.28. The second-order valence-corrected chi connectivity index (χ2v) is 5.90. The Hall–Kier alpha value is -2.96. The molecule has 7 nitrogen and oxygen atoms in total. The minimum Gasteiger partial charge on any atom is -0.319 e. The minimum atomic E-state index is -0.413. The lowest BCUT2D eigenvalue weighted by atomic mass is 10.2. The highest BCUT2D eigenvalue weighted by atomic mass is 16.2. The van der Waals surface area contributed by atoms with Gasteiger partial charge in [0, 0.05) is 25.6 Å². The van der Waals surface area contributed by atoms with Crippen LogP contribution in [0.15, 0.2) is 41.2 Å². The third-order valence-corrected chi connectivity index (χ3v) is 4.05. The molecule has 2 amide bonds. The van der Waals surface area contributed by atoms with Gasteiger partial charge in [-0.15, -0.1) is 0 Å². The molecule has 0 unspecified atom stereocenters. The van der Waals surface area contributed by atoms with Crippen LogP contribution in [-0.2, 0) is 11.3 Å². The van der Waals surface area contributed by atoms with Crippen LogP contribution in [-0.4, -0.2) is 28.1 Å². The molecule has 0 radical (unpaired) electrons. The molecule has 130 valence electrons. The standard InChI is InChI=1S/C18H20N4O3/c1-2-11-22-17(24)10-9-14(20-22)18(25)19-13-6-3-4-7-15(13)21-12-5-8-16(21)23/h3-4,6-7,9-10H,2,5,8,11-12H2,1H3,(H,19,25). The van der Waals surface area contributed by atoms with E-state index in [1.165, 1.54) is 16.8 Å². The molecule has 0 saturated carbocycles. The fourth-order valence-electron chi connectivity index (χ4n) is 2.85. The second-order valence-electron chi connectivity index (χ2n) is 5.90. The lowest BCUT2D eigenvalue weighted by Gasteiger charge is -2.19. The molecule has 0 spiro atoms. The zero-order valence-corrected chi connectivity index (χ0v) is 14.1. The van der Waals surface area contributed by atoms with Crippen LogP contribution >= 0.6 is 0 Å². The number of rotatable bonds is 5. The molecule has 1 aliphatic heterocycles. The summed E-state index contributed by atoms with van der Waals surface area (Å²) in [5.74, 6) is -0.361. The van der Waals surface area contributed by atoms with Gasteiger partial charge in [-0.3, -0.25) is 14.4 Å². The number of anilines is 2. The van der Waals surface area contributed by atoms with Gasteiger partial charge >= 0.3 is 0 Å². The molecular weight excluding hydrogens is 320 g/mol. The van der Waals surface area contributed by atoms with Crippen LogP contribution in [0.2, 0.25) is 0 Å². The molecule has 2 aromatic rings. The largest absolute Gasteiger partial charge is 0.319 e. The number of para-hydroxylation sites is 2. The maximum absolute atomic E-state index is 12.5. The molecule has 1 N–H and O–H groups in total. The number of aryl methyl sites for hydroxylation is 1. The van der Waals surface area contributed by atoms with E-state index in [1.807, 2.05) is 19.1 Å². The molecule has 3 rings (SSSR count). The maximum atomic E-state index is 12.5. The van der Waals surface area contributed by atoms with Gasteiger partial charge in [0.05, 0.1) is 11.4 Å². The fourth-order valence-corrected chi connectivity index (χ4v) is 2.85. The van der Waals surface area contributed by atoms with Crippen molar-refractivity contribution in [1.82, 2.24) is 9.78 Å². The number of benzene rings is 1. The van der Waals surface area contributed by atoms with Gasteiger partial charge in [-0.05, 0) is 31.0 Å². The lowest BCUT2D eigenvalue weighted by Crippen LogP contribution is -2.27. The minimum absolute atomic E-state index is 0.0521. The summed E-state index contributed by atoms with van der Waals surface area (Å²) >= 11 is 0. The first kappa shape index (κ1) is 16.9. The van der Waals surface area contributed by atoms with Crippen molar-refractivity contribution >= 4 is 23.2 Å². The predicted molar refractivity (Wildman–Crippen MR) is 94.8 cm³/mol. The SMILES string of the molecule is CCCn1nc(C(=O)Nc2ccccc2N2CCCC2=O)ccc1=O. The van der Waals surface area contributed by atoms with Gasteiger partial charge in [0.1, 0.15) is 5.69 Å². The van der Waals surface area contributed by atoms with Gasteiger partial charge in [-0.25, -0.2) is 4.68 Å². The predicted octanol–water partition coefficient (Wildman–Crippen LogP) is 2.03. The number of aromatic nitrogens is 2. The summed E-state index contributed by atoms with van der Waals surface area (Å²) in [6.45, 7) is 3.04. The number of nitrogens with zero attached hydrogens (tertiary/aromatic N) is 3. The van der Waals surface area contributed by atoms with E-state index in [0.29, 0.717) is 30.9 Å². The summed E-state index contributed by atoms with van der Waals surface area (Å²) in [6, 6.07) is 9.94. The molecule has 1 aromatic heterocycles. The summed E-state index contributed by atoms with van der Waals surface area (Å²) in [5, 5.41) is 6.91. The molecule has 0 atom stereocenters. The van der Waals surface area contributed by atoms with Crippen molar-refractivity contribution in [3.05, 3.63) is 52.4 Å². The number of hydrogen-bond donors (Lipinski definition) is 1. The lowest BCUT2D eigenvalue weighted by molar-refractivity contribution is -0.117. The van der Waals surface area contributed by atoms with E-state index in [0.717, 1.165) is 12.8 Å². The van der Waals surface area contributed by atoms with E-state index in [2.05, 4.69) is 10.4 Å². The Bertz CT molecular complexity index is 859. The Morgan fingerprint density at radius 2 is 2.00 bits per heavy atom. The Kier molecular flexibility index (Phi) is 4.92. The number of hydrogen-bond acceptors (Lipinski definition) is 4. The highest BCUT2D eigenvalue weighted by Gasteiger charge is 2.24. The zero-order valence-electron chi connectivity index (χ0n) is 14.1. The van der Waals surface area contributed by atoms with E-state index in [1.54, 1.807) is 17.0 Å². The van der Waals surface area contributed by atoms with Gasteiger partial charge in [0.2, 0.25) is 5.91 Å². The Balaban J connectivity index is 1.85. The monoisotopic (exact) mass is 340 g/mol. The molecule has 1 aliphatic rings. The van der Waals surface area contributed by atoms with E-state index in [-0.39, 0.29) is 17.2 Å². The van der Waals surface area contributed by atoms with Crippen molar-refractivity contribution in [2.24, 2.45) is 0 Å². The Labute approximate surface area is 145 Å². The zero-order chi connectivity index (χ0) is 17.8. The smallest absolute Gasteiger partial charge is 0.276 e. The molecule has 25 heavy (non-hydrogen) atoms. The van der Waals surface area contributed by atoms with E-state index in [9.17, 15) is 14.4 Å². The molecule has 2 heterocycles. The van der Waals surface area contributed by atoms with Crippen molar-refractivity contribution in [3.63, 3.8) is 0 Å². The van der Waals surface area contributed by atoms with Gasteiger partial charge < -0.3 is 10.2 Å². The van der Waals surface area contributed by atoms with Crippen LogP contribution in [0.4, 0.5) is 11.4 Å². The van der Waals surface area contributed by atoms with Gasteiger partial charge in [0.15, 0.2) is 0 Å². The highest BCUT2D eigenvalue weighted by Crippen LogP contribution is 2.29. The van der Waals surface area contributed by atoms with Crippen molar-refractivity contribution < 1.29 is 9.59 Å². The molecule has 7 heteroatoms. The average molecular weight is 340 g/mol. The first-order valence-corrected chi connectivity index (χ1v) is 8.39. The first-order chi connectivity index (χ1) is 12.1. The van der Waals surface area contributed by atoms with Crippen molar-refractivity contribution in [1.29, 1.82) is 0 Å². The van der Waals surface area contributed by atoms with E-state index >= 15 is 0 Å². The molecular formula is C18H20N4O3. The number of nitrogens with one attached hydrogen (secondary N) is 1. The average Bonchev–Trinajstić information content (AvgIpc) is 3.03. The van der Waals surface area contributed by atoms with Gasteiger partial charge in [-0.2, -0.15) is 5.10 Å². The third-order valence-electron chi connectivity index (χ3n) is 4.05. The number of carbonyl (C=O) groups is 2. The maximum Gasteiger partial charge on any atom is 0.276 e. The molecule has 1 aromatic carbocycles. The van der Waals surface area contributed by atoms with Crippen LogP contribution < -0.4 is 15.8 Å². The Morgan fingerprint density at radius 3 is 2.72 bits per heavy atom. The van der Waals surface area contributed by atoms with E-state index < -0.39 is 5.91 Å². The normalized spacial score (nSPS) is 14.0. The fraction of sp³-hybridized carbons (Fsp3) is 0.333. The van der Waals surface area contributed by atoms with Crippen molar-refractivity contribution in [2.45, 2.75) is 32.7 Å². The summed E-state index contributed by atoms with van der Waals surface area (Å²) in [4.78, 5) is 38.0. The quantitative estimate of drug-likeness (QED) is 0.902. The number of amides is 2. The van der Waals surface area contributed by atoms with Crippen molar-refractivity contribution in [3.8, 4) is 0 Å². The summed E-state index contributed by atoms with van der Waals surface area (Å²) in [6.07, 6.45) is 2.08. The topological polar surface area (TPSA) is 84.3 Å². The summed E-state index contributed by atoms with van der Waals surface area (Å²) in [5.41, 5.74) is 1.16. The first-order valence-electron chi connectivity index (χ1n) is 8.39. The highest BCUT2D eigenvalue weighted by molar-refractivity contribution is 6.07. The molecule has 1 fully saturated rings. The van der Waals surface area contributed by atoms with Crippen LogP contribution in [0, 0.1) is 0 Å². The van der Waals surface area contributed by atoms with Crippen LogP contribution in [0.3, 0.4) is 0 Å². The molecule has 0 aliphatic carbocycles.